The first-order valence-electron chi connectivity index (χ1n) is 6.64. The summed E-state index contributed by atoms with van der Waals surface area (Å²) >= 11 is 9.59. The standard InChI is InChI=1S/C16H17BrClNO2/c1-19-11-14-15(18)6-3-7-16(14)21-9-8-20-13-5-2-4-12(17)10-13/h2-7,10,19H,8-9,11H2,1H3. The molecule has 3 nitrogen and oxygen atoms in total. The van der Waals surface area contributed by atoms with Crippen LogP contribution >= 0.6 is 27.5 Å². The van der Waals surface area contributed by atoms with Crippen LogP contribution in [0.4, 0.5) is 0 Å². The normalized spacial score (nSPS) is 10.4. The Morgan fingerprint density at radius 1 is 1.10 bits per heavy atom. The van der Waals surface area contributed by atoms with Crippen LogP contribution in [0.15, 0.2) is 46.9 Å². The molecule has 0 saturated heterocycles. The molecule has 21 heavy (non-hydrogen) atoms. The number of nitrogens with one attached hydrogen (secondary N) is 1. The minimum Gasteiger partial charge on any atom is -0.490 e. The maximum atomic E-state index is 6.18. The highest BCUT2D eigenvalue weighted by Gasteiger charge is 2.07. The van der Waals surface area contributed by atoms with Crippen molar-refractivity contribution in [3.05, 3.63) is 57.5 Å². The Morgan fingerprint density at radius 2 is 1.86 bits per heavy atom. The molecule has 0 radical (unpaired) electrons. The van der Waals surface area contributed by atoms with E-state index >= 15 is 0 Å². The van der Waals surface area contributed by atoms with Gasteiger partial charge in [-0.05, 0) is 37.4 Å². The Bertz CT molecular complexity index is 592. The van der Waals surface area contributed by atoms with Crippen LogP contribution in [-0.2, 0) is 6.54 Å². The molecule has 0 saturated carbocycles. The van der Waals surface area contributed by atoms with Crippen LogP contribution in [0, 0.1) is 0 Å². The lowest BCUT2D eigenvalue weighted by atomic mass is 10.2. The lowest BCUT2D eigenvalue weighted by Gasteiger charge is -2.13. The summed E-state index contributed by atoms with van der Waals surface area (Å²) in [4.78, 5) is 0. The number of halogens is 2. The molecule has 0 aliphatic heterocycles. The number of hydrogen-bond acceptors (Lipinski definition) is 3. The van der Waals surface area contributed by atoms with Crippen LogP contribution in [0.25, 0.3) is 0 Å². The van der Waals surface area contributed by atoms with E-state index in [1.54, 1.807) is 0 Å². The Balaban J connectivity index is 1.87. The van der Waals surface area contributed by atoms with E-state index < -0.39 is 0 Å². The first kappa shape index (κ1) is 16.1. The first-order valence-corrected chi connectivity index (χ1v) is 7.81. The summed E-state index contributed by atoms with van der Waals surface area (Å²) in [5, 5.41) is 3.79. The third kappa shape index (κ3) is 4.92. The number of benzene rings is 2. The SMILES string of the molecule is CNCc1c(Cl)cccc1OCCOc1cccc(Br)c1. The fourth-order valence-corrected chi connectivity index (χ4v) is 2.50. The molecule has 0 unspecified atom stereocenters. The molecule has 0 amide bonds. The van der Waals surface area contributed by atoms with Gasteiger partial charge in [-0.2, -0.15) is 0 Å². The summed E-state index contributed by atoms with van der Waals surface area (Å²) in [6.45, 7) is 1.60. The minimum absolute atomic E-state index is 0.462. The van der Waals surface area contributed by atoms with E-state index in [-0.39, 0.29) is 0 Å². The summed E-state index contributed by atoms with van der Waals surface area (Å²) in [5.41, 5.74) is 0.962. The Morgan fingerprint density at radius 3 is 2.62 bits per heavy atom. The highest BCUT2D eigenvalue weighted by molar-refractivity contribution is 9.10. The fraction of sp³-hybridized carbons (Fsp3) is 0.250. The minimum atomic E-state index is 0.462. The zero-order valence-electron chi connectivity index (χ0n) is 11.7. The van der Waals surface area contributed by atoms with Gasteiger partial charge in [0.05, 0.1) is 0 Å². The Hall–Kier alpha value is -1.23. The van der Waals surface area contributed by atoms with Gasteiger partial charge in [-0.1, -0.05) is 39.7 Å². The van der Waals surface area contributed by atoms with E-state index in [0.717, 1.165) is 21.5 Å². The summed E-state index contributed by atoms with van der Waals surface area (Å²) < 4.78 is 12.4. The van der Waals surface area contributed by atoms with E-state index in [4.69, 9.17) is 21.1 Å². The molecule has 0 fully saturated rings. The topological polar surface area (TPSA) is 30.5 Å². The zero-order chi connectivity index (χ0) is 15.1. The first-order chi connectivity index (χ1) is 10.2. The molecule has 0 aliphatic rings. The van der Waals surface area contributed by atoms with Crippen LogP contribution in [0.2, 0.25) is 5.02 Å². The van der Waals surface area contributed by atoms with Crippen molar-refractivity contribution in [1.29, 1.82) is 0 Å². The number of rotatable bonds is 7. The van der Waals surface area contributed by atoms with Crippen molar-refractivity contribution in [2.45, 2.75) is 6.54 Å². The largest absolute Gasteiger partial charge is 0.490 e. The second kappa shape index (κ2) is 8.27. The molecular formula is C16H17BrClNO2. The van der Waals surface area contributed by atoms with Crippen LogP contribution in [0.3, 0.4) is 0 Å². The van der Waals surface area contributed by atoms with Crippen LogP contribution in [-0.4, -0.2) is 20.3 Å². The predicted molar refractivity (Wildman–Crippen MR) is 89.3 cm³/mol. The lowest BCUT2D eigenvalue weighted by molar-refractivity contribution is 0.215. The summed E-state index contributed by atoms with van der Waals surface area (Å²) in [5.74, 6) is 1.60. The van der Waals surface area contributed by atoms with Crippen molar-refractivity contribution in [3.63, 3.8) is 0 Å². The van der Waals surface area contributed by atoms with E-state index in [0.29, 0.717) is 24.8 Å². The summed E-state index contributed by atoms with van der Waals surface area (Å²) in [6.07, 6.45) is 0. The Labute approximate surface area is 138 Å². The van der Waals surface area contributed by atoms with Crippen LogP contribution in [0.1, 0.15) is 5.56 Å². The van der Waals surface area contributed by atoms with Gasteiger partial charge in [0.2, 0.25) is 0 Å². The van der Waals surface area contributed by atoms with Crippen molar-refractivity contribution in [1.82, 2.24) is 5.32 Å². The molecule has 112 valence electrons. The molecule has 0 spiro atoms. The quantitative estimate of drug-likeness (QED) is 0.738. The average molecular weight is 371 g/mol. The molecule has 0 aliphatic carbocycles. The van der Waals surface area contributed by atoms with Gasteiger partial charge >= 0.3 is 0 Å². The van der Waals surface area contributed by atoms with Gasteiger partial charge in [-0.15, -0.1) is 0 Å². The molecule has 0 aromatic heterocycles. The van der Waals surface area contributed by atoms with Gasteiger partial charge < -0.3 is 14.8 Å². The van der Waals surface area contributed by atoms with Gasteiger partial charge in [0.15, 0.2) is 0 Å². The highest BCUT2D eigenvalue weighted by atomic mass is 79.9. The summed E-state index contributed by atoms with van der Waals surface area (Å²) in [7, 11) is 1.88. The molecule has 0 atom stereocenters. The fourth-order valence-electron chi connectivity index (χ4n) is 1.89. The van der Waals surface area contributed by atoms with E-state index in [2.05, 4.69) is 21.2 Å². The average Bonchev–Trinajstić information content (AvgIpc) is 2.47. The molecule has 1 N–H and O–H groups in total. The highest BCUT2D eigenvalue weighted by Crippen LogP contribution is 2.26. The second-order valence-corrected chi connectivity index (χ2v) is 5.72. The monoisotopic (exact) mass is 369 g/mol. The molecular weight excluding hydrogens is 354 g/mol. The van der Waals surface area contributed by atoms with Crippen molar-refractivity contribution in [3.8, 4) is 11.5 Å². The molecule has 0 heterocycles. The van der Waals surface area contributed by atoms with E-state index in [1.165, 1.54) is 0 Å². The maximum Gasteiger partial charge on any atom is 0.125 e. The van der Waals surface area contributed by atoms with Crippen molar-refractivity contribution in [2.75, 3.05) is 20.3 Å². The lowest BCUT2D eigenvalue weighted by Crippen LogP contribution is -2.12. The molecule has 2 aromatic carbocycles. The predicted octanol–water partition coefficient (Wildman–Crippen LogP) is 4.28. The molecule has 5 heteroatoms. The zero-order valence-corrected chi connectivity index (χ0v) is 14.1. The van der Waals surface area contributed by atoms with Crippen LogP contribution < -0.4 is 14.8 Å². The van der Waals surface area contributed by atoms with Crippen LogP contribution in [0.5, 0.6) is 11.5 Å². The van der Waals surface area contributed by atoms with Crippen molar-refractivity contribution >= 4 is 27.5 Å². The van der Waals surface area contributed by atoms with Gasteiger partial charge in [0, 0.05) is 21.6 Å². The number of hydrogen-bond donors (Lipinski definition) is 1. The van der Waals surface area contributed by atoms with E-state index in [1.807, 2.05) is 49.5 Å². The molecule has 2 rings (SSSR count). The van der Waals surface area contributed by atoms with Crippen molar-refractivity contribution < 1.29 is 9.47 Å². The van der Waals surface area contributed by atoms with Crippen molar-refractivity contribution in [2.24, 2.45) is 0 Å². The third-order valence-corrected chi connectivity index (χ3v) is 3.68. The molecule has 2 aromatic rings. The summed E-state index contributed by atoms with van der Waals surface area (Å²) in [6, 6.07) is 13.4. The van der Waals surface area contributed by atoms with Gasteiger partial charge in [-0.3, -0.25) is 0 Å². The smallest absolute Gasteiger partial charge is 0.125 e. The molecule has 0 bridgehead atoms. The maximum absolute atomic E-state index is 6.18. The Kier molecular flexibility index (Phi) is 6.36. The van der Waals surface area contributed by atoms with Gasteiger partial charge in [-0.25, -0.2) is 0 Å². The van der Waals surface area contributed by atoms with Gasteiger partial charge in [0.25, 0.3) is 0 Å². The third-order valence-electron chi connectivity index (χ3n) is 2.84. The second-order valence-electron chi connectivity index (χ2n) is 4.40. The van der Waals surface area contributed by atoms with Gasteiger partial charge in [0.1, 0.15) is 24.7 Å². The van der Waals surface area contributed by atoms with E-state index in [9.17, 15) is 0 Å². The number of ether oxygens (including phenoxy) is 2.